The highest BCUT2D eigenvalue weighted by Gasteiger charge is 2.10. The Balaban J connectivity index is 1.59. The van der Waals surface area contributed by atoms with E-state index in [2.05, 4.69) is 10.6 Å². The van der Waals surface area contributed by atoms with Gasteiger partial charge < -0.3 is 20.5 Å². The number of amides is 2. The Morgan fingerprint density at radius 1 is 1.08 bits per heavy atom. The highest BCUT2D eigenvalue weighted by Crippen LogP contribution is 2.16. The van der Waals surface area contributed by atoms with E-state index in [0.717, 1.165) is 16.9 Å². The van der Waals surface area contributed by atoms with E-state index >= 15 is 0 Å². The molecule has 0 saturated carbocycles. The first-order valence-electron chi connectivity index (χ1n) is 8.10. The maximum absolute atomic E-state index is 11.7. The van der Waals surface area contributed by atoms with Crippen molar-refractivity contribution in [3.05, 3.63) is 65.7 Å². The van der Waals surface area contributed by atoms with Gasteiger partial charge in [-0.1, -0.05) is 42.5 Å². The van der Waals surface area contributed by atoms with Crippen molar-refractivity contribution in [3.63, 3.8) is 0 Å². The lowest BCUT2D eigenvalue weighted by Crippen LogP contribution is -2.38. The van der Waals surface area contributed by atoms with Crippen LogP contribution in [0.4, 0.5) is 4.79 Å². The SMILES string of the molecule is Cc1ccccc1C(O)CNC(=O)NCCCOc1ccccc1. The lowest BCUT2D eigenvalue weighted by Gasteiger charge is -2.15. The van der Waals surface area contributed by atoms with Crippen molar-refractivity contribution < 1.29 is 14.6 Å². The molecule has 0 saturated heterocycles. The average Bonchev–Trinajstić information content (AvgIpc) is 2.60. The Hall–Kier alpha value is -2.53. The smallest absolute Gasteiger partial charge is 0.314 e. The number of aliphatic hydroxyl groups is 1. The fraction of sp³-hybridized carbons (Fsp3) is 0.316. The molecule has 5 heteroatoms. The molecule has 2 rings (SSSR count). The maximum Gasteiger partial charge on any atom is 0.314 e. The number of ether oxygens (including phenoxy) is 1. The number of carbonyl (C=O) groups is 1. The maximum atomic E-state index is 11.7. The summed E-state index contributed by atoms with van der Waals surface area (Å²) < 4.78 is 5.55. The predicted molar refractivity (Wildman–Crippen MR) is 94.1 cm³/mol. The molecule has 1 unspecified atom stereocenters. The first-order chi connectivity index (χ1) is 11.7. The number of aryl methyl sites for hydroxylation is 1. The van der Waals surface area contributed by atoms with E-state index in [-0.39, 0.29) is 12.6 Å². The largest absolute Gasteiger partial charge is 0.494 e. The molecule has 0 spiro atoms. The number of carbonyl (C=O) groups excluding carboxylic acids is 1. The quantitative estimate of drug-likeness (QED) is 0.653. The molecule has 0 aromatic heterocycles. The summed E-state index contributed by atoms with van der Waals surface area (Å²) in [7, 11) is 0. The number of aliphatic hydroxyl groups excluding tert-OH is 1. The first kappa shape index (κ1) is 17.8. The topological polar surface area (TPSA) is 70.6 Å². The van der Waals surface area contributed by atoms with Crippen LogP contribution in [0.2, 0.25) is 0 Å². The number of hydrogen-bond acceptors (Lipinski definition) is 3. The first-order valence-corrected chi connectivity index (χ1v) is 8.10. The fourth-order valence-electron chi connectivity index (χ4n) is 2.30. The van der Waals surface area contributed by atoms with Gasteiger partial charge in [-0.3, -0.25) is 0 Å². The summed E-state index contributed by atoms with van der Waals surface area (Å²) in [4.78, 5) is 11.7. The van der Waals surface area contributed by atoms with Gasteiger partial charge in [0.15, 0.2) is 0 Å². The van der Waals surface area contributed by atoms with Crippen molar-refractivity contribution in [1.82, 2.24) is 10.6 Å². The molecule has 2 aromatic carbocycles. The van der Waals surface area contributed by atoms with Crippen LogP contribution < -0.4 is 15.4 Å². The summed E-state index contributed by atoms with van der Waals surface area (Å²) in [6, 6.07) is 16.9. The number of para-hydroxylation sites is 1. The van der Waals surface area contributed by atoms with Crippen LogP contribution in [0, 0.1) is 6.92 Å². The second kappa shape index (κ2) is 9.57. The van der Waals surface area contributed by atoms with Gasteiger partial charge in [0.25, 0.3) is 0 Å². The number of nitrogens with one attached hydrogen (secondary N) is 2. The molecule has 1 atom stereocenters. The van der Waals surface area contributed by atoms with Crippen LogP contribution in [0.5, 0.6) is 5.75 Å². The molecular formula is C19H24N2O3. The molecule has 0 radical (unpaired) electrons. The van der Waals surface area contributed by atoms with Crippen LogP contribution in [-0.2, 0) is 0 Å². The zero-order valence-electron chi connectivity index (χ0n) is 13.9. The number of urea groups is 1. The molecular weight excluding hydrogens is 304 g/mol. The minimum absolute atomic E-state index is 0.178. The molecule has 0 heterocycles. The van der Waals surface area contributed by atoms with Gasteiger partial charge >= 0.3 is 6.03 Å². The predicted octanol–water partition coefficient (Wildman–Crippen LogP) is 2.80. The summed E-state index contributed by atoms with van der Waals surface area (Å²) in [6.07, 6.45) is 0.00113. The fourth-order valence-corrected chi connectivity index (χ4v) is 2.30. The van der Waals surface area contributed by atoms with E-state index in [1.54, 1.807) is 0 Å². The summed E-state index contributed by atoms with van der Waals surface area (Å²) in [5.41, 5.74) is 1.83. The Morgan fingerprint density at radius 2 is 1.79 bits per heavy atom. The van der Waals surface area contributed by atoms with Gasteiger partial charge in [0.1, 0.15) is 5.75 Å². The third-order valence-electron chi connectivity index (χ3n) is 3.62. The molecule has 128 valence electrons. The van der Waals surface area contributed by atoms with Crippen LogP contribution in [0.3, 0.4) is 0 Å². The standard InChI is InChI=1S/C19H24N2O3/c1-15-8-5-6-11-17(15)18(22)14-21-19(23)20-12-7-13-24-16-9-3-2-4-10-16/h2-6,8-11,18,22H,7,12-14H2,1H3,(H2,20,21,23). The van der Waals surface area contributed by atoms with E-state index in [9.17, 15) is 9.90 Å². The molecule has 24 heavy (non-hydrogen) atoms. The van der Waals surface area contributed by atoms with E-state index in [1.165, 1.54) is 0 Å². The second-order valence-electron chi connectivity index (χ2n) is 5.52. The summed E-state index contributed by atoms with van der Waals surface area (Å²) in [5, 5.41) is 15.5. The molecule has 0 aliphatic rings. The van der Waals surface area contributed by atoms with E-state index < -0.39 is 6.10 Å². The molecule has 0 aliphatic carbocycles. The normalized spacial score (nSPS) is 11.6. The summed E-state index contributed by atoms with van der Waals surface area (Å²) in [6.45, 7) is 3.16. The molecule has 0 aliphatic heterocycles. The van der Waals surface area contributed by atoms with Crippen molar-refractivity contribution >= 4 is 6.03 Å². The number of benzene rings is 2. The van der Waals surface area contributed by atoms with Gasteiger partial charge in [-0.2, -0.15) is 0 Å². The van der Waals surface area contributed by atoms with Crippen molar-refractivity contribution in [2.75, 3.05) is 19.7 Å². The van der Waals surface area contributed by atoms with Gasteiger partial charge in [-0.15, -0.1) is 0 Å². The lowest BCUT2D eigenvalue weighted by atomic mass is 10.0. The van der Waals surface area contributed by atoms with Crippen LogP contribution in [0.15, 0.2) is 54.6 Å². The molecule has 5 nitrogen and oxygen atoms in total. The Kier molecular flexibility index (Phi) is 7.11. The van der Waals surface area contributed by atoms with Gasteiger partial charge in [-0.05, 0) is 36.6 Å². The van der Waals surface area contributed by atoms with Crippen molar-refractivity contribution in [3.8, 4) is 5.75 Å². The van der Waals surface area contributed by atoms with Gasteiger partial charge in [0.05, 0.1) is 12.7 Å². The average molecular weight is 328 g/mol. The van der Waals surface area contributed by atoms with Gasteiger partial charge in [0.2, 0.25) is 0 Å². The van der Waals surface area contributed by atoms with Crippen LogP contribution in [0.25, 0.3) is 0 Å². The third-order valence-corrected chi connectivity index (χ3v) is 3.62. The highest BCUT2D eigenvalue weighted by atomic mass is 16.5. The molecule has 3 N–H and O–H groups in total. The number of hydrogen-bond donors (Lipinski definition) is 3. The third kappa shape index (κ3) is 5.93. The summed E-state index contributed by atoms with van der Waals surface area (Å²) in [5.74, 6) is 0.823. The molecule has 2 amide bonds. The van der Waals surface area contributed by atoms with E-state index in [1.807, 2.05) is 61.5 Å². The molecule has 0 bridgehead atoms. The van der Waals surface area contributed by atoms with Crippen molar-refractivity contribution in [2.45, 2.75) is 19.4 Å². The van der Waals surface area contributed by atoms with E-state index in [4.69, 9.17) is 4.74 Å². The zero-order valence-corrected chi connectivity index (χ0v) is 13.9. The summed E-state index contributed by atoms with van der Waals surface area (Å²) >= 11 is 0. The molecule has 0 fully saturated rings. The van der Waals surface area contributed by atoms with Crippen LogP contribution in [-0.4, -0.2) is 30.8 Å². The van der Waals surface area contributed by atoms with Gasteiger partial charge in [-0.25, -0.2) is 4.79 Å². The van der Waals surface area contributed by atoms with Crippen LogP contribution in [0.1, 0.15) is 23.7 Å². The van der Waals surface area contributed by atoms with Crippen molar-refractivity contribution in [2.24, 2.45) is 0 Å². The Bertz CT molecular complexity index is 632. The Labute approximate surface area is 142 Å². The second-order valence-corrected chi connectivity index (χ2v) is 5.52. The monoisotopic (exact) mass is 328 g/mol. The van der Waals surface area contributed by atoms with Gasteiger partial charge in [0, 0.05) is 13.1 Å². The van der Waals surface area contributed by atoms with E-state index in [0.29, 0.717) is 19.6 Å². The van der Waals surface area contributed by atoms with Crippen molar-refractivity contribution in [1.29, 1.82) is 0 Å². The Morgan fingerprint density at radius 3 is 2.54 bits per heavy atom. The molecule has 2 aromatic rings. The lowest BCUT2D eigenvalue weighted by molar-refractivity contribution is 0.172. The highest BCUT2D eigenvalue weighted by molar-refractivity contribution is 5.73. The zero-order chi connectivity index (χ0) is 17.2. The van der Waals surface area contributed by atoms with Crippen LogP contribution >= 0.6 is 0 Å². The number of rotatable bonds is 8. The minimum atomic E-state index is -0.710. The minimum Gasteiger partial charge on any atom is -0.494 e.